The van der Waals surface area contributed by atoms with E-state index in [1.807, 2.05) is 6.92 Å². The van der Waals surface area contributed by atoms with Crippen LogP contribution in [0.1, 0.15) is 18.9 Å². The summed E-state index contributed by atoms with van der Waals surface area (Å²) < 4.78 is 46.8. The molecular weight excluding hydrogens is 380 g/mol. The van der Waals surface area contributed by atoms with Crippen LogP contribution in [0.3, 0.4) is 0 Å². The molecule has 2 rings (SSSR count). The van der Waals surface area contributed by atoms with E-state index in [0.717, 1.165) is 0 Å². The van der Waals surface area contributed by atoms with Gasteiger partial charge in [0.1, 0.15) is 17.3 Å². The van der Waals surface area contributed by atoms with Gasteiger partial charge in [-0.25, -0.2) is 0 Å². The van der Waals surface area contributed by atoms with E-state index in [2.05, 4.69) is 4.74 Å². The van der Waals surface area contributed by atoms with E-state index >= 15 is 0 Å². The predicted molar refractivity (Wildman–Crippen MR) is 90.1 cm³/mol. The van der Waals surface area contributed by atoms with Crippen molar-refractivity contribution in [3.05, 3.63) is 58.1 Å². The van der Waals surface area contributed by atoms with Gasteiger partial charge in [0.25, 0.3) is 0 Å². The molecule has 0 aromatic heterocycles. The molecule has 0 bridgehead atoms. The van der Waals surface area contributed by atoms with Crippen LogP contribution in [0, 0.1) is 0 Å². The first-order valence-electron chi connectivity index (χ1n) is 7.12. The molecule has 8 heteroatoms. The van der Waals surface area contributed by atoms with Crippen molar-refractivity contribution < 1.29 is 27.8 Å². The molecule has 0 spiro atoms. The van der Waals surface area contributed by atoms with Crippen LogP contribution >= 0.6 is 23.2 Å². The van der Waals surface area contributed by atoms with E-state index in [0.29, 0.717) is 12.0 Å². The van der Waals surface area contributed by atoms with Crippen molar-refractivity contribution in [1.29, 1.82) is 0 Å². The van der Waals surface area contributed by atoms with Gasteiger partial charge in [0, 0.05) is 17.7 Å². The Kier molecular flexibility index (Phi) is 6.08. The van der Waals surface area contributed by atoms with E-state index in [-0.39, 0.29) is 33.1 Å². The fourth-order valence-electron chi connectivity index (χ4n) is 2.00. The Morgan fingerprint density at radius 3 is 2.36 bits per heavy atom. The lowest BCUT2D eigenvalue weighted by molar-refractivity contribution is -0.274. The van der Waals surface area contributed by atoms with Gasteiger partial charge in [-0.3, -0.25) is 0 Å². The highest BCUT2D eigenvalue weighted by Gasteiger charge is 2.31. The minimum absolute atomic E-state index is 0.0645. The highest BCUT2D eigenvalue weighted by Crippen LogP contribution is 2.39. The lowest BCUT2D eigenvalue weighted by atomic mass is 10.1. The Labute approximate surface area is 152 Å². The number of rotatable bonds is 5. The Hall–Kier alpha value is -2.05. The van der Waals surface area contributed by atoms with E-state index in [9.17, 15) is 18.3 Å². The molecule has 1 N–H and O–H groups in total. The number of ether oxygens (including phenoxy) is 2. The summed E-state index contributed by atoms with van der Waals surface area (Å²) in [6.07, 6.45) is -2.59. The van der Waals surface area contributed by atoms with Gasteiger partial charge in [-0.15, -0.1) is 13.2 Å². The quantitative estimate of drug-likeness (QED) is 0.595. The summed E-state index contributed by atoms with van der Waals surface area (Å²) in [6, 6.07) is 7.83. The maximum absolute atomic E-state index is 12.4. The van der Waals surface area contributed by atoms with Crippen LogP contribution < -0.4 is 9.47 Å². The molecule has 0 saturated heterocycles. The SMILES string of the molecule is CCC=C(Oc1c(Cl)cc(O)cc1Cl)c1cccc(OC(F)(F)F)c1. The fraction of sp³-hybridized carbons (Fsp3) is 0.176. The Bertz CT molecular complexity index is 766. The Balaban J connectivity index is 2.37. The summed E-state index contributed by atoms with van der Waals surface area (Å²) in [5.41, 5.74) is 0.351. The van der Waals surface area contributed by atoms with Gasteiger partial charge in [-0.2, -0.15) is 0 Å². The van der Waals surface area contributed by atoms with Crippen LogP contribution in [0.25, 0.3) is 5.76 Å². The third kappa shape index (κ3) is 5.47. The zero-order valence-electron chi connectivity index (χ0n) is 12.9. The van der Waals surface area contributed by atoms with Gasteiger partial charge < -0.3 is 14.6 Å². The molecule has 2 aromatic rings. The maximum Gasteiger partial charge on any atom is 0.573 e. The van der Waals surface area contributed by atoms with Crippen molar-refractivity contribution in [2.45, 2.75) is 19.7 Å². The van der Waals surface area contributed by atoms with Crippen molar-refractivity contribution in [3.63, 3.8) is 0 Å². The van der Waals surface area contributed by atoms with Crippen molar-refractivity contribution in [1.82, 2.24) is 0 Å². The molecular formula is C17H13Cl2F3O3. The summed E-state index contributed by atoms with van der Waals surface area (Å²) in [6.45, 7) is 1.83. The summed E-state index contributed by atoms with van der Waals surface area (Å²) in [5, 5.41) is 9.58. The average molecular weight is 393 g/mol. The Morgan fingerprint density at radius 1 is 1.16 bits per heavy atom. The first-order chi connectivity index (χ1) is 11.7. The van der Waals surface area contributed by atoms with Crippen LogP contribution in [-0.4, -0.2) is 11.5 Å². The monoisotopic (exact) mass is 392 g/mol. The first kappa shape index (κ1) is 19.3. The summed E-state index contributed by atoms with van der Waals surface area (Å²) in [5.74, 6) is -0.171. The van der Waals surface area contributed by atoms with Crippen LogP contribution in [0.2, 0.25) is 10.0 Å². The molecule has 0 aliphatic heterocycles. The van der Waals surface area contributed by atoms with Crippen molar-refractivity contribution in [2.24, 2.45) is 0 Å². The molecule has 0 aliphatic carbocycles. The summed E-state index contributed by atoms with van der Waals surface area (Å²) >= 11 is 12.0. The van der Waals surface area contributed by atoms with Gasteiger partial charge >= 0.3 is 6.36 Å². The second-order valence-corrected chi connectivity index (χ2v) is 5.71. The summed E-state index contributed by atoms with van der Waals surface area (Å²) in [7, 11) is 0. The lowest BCUT2D eigenvalue weighted by Crippen LogP contribution is -2.17. The number of halogens is 5. The molecule has 3 nitrogen and oxygen atoms in total. The molecule has 134 valence electrons. The molecule has 2 aromatic carbocycles. The number of hydrogen-bond acceptors (Lipinski definition) is 3. The van der Waals surface area contributed by atoms with Crippen molar-refractivity contribution in [3.8, 4) is 17.2 Å². The molecule has 0 radical (unpaired) electrons. The van der Waals surface area contributed by atoms with Crippen molar-refractivity contribution in [2.75, 3.05) is 0 Å². The number of phenols is 1. The Morgan fingerprint density at radius 2 is 1.80 bits per heavy atom. The van der Waals surface area contributed by atoms with E-state index in [1.54, 1.807) is 12.1 Å². The number of allylic oxidation sites excluding steroid dienone is 1. The van der Waals surface area contributed by atoms with Crippen LogP contribution in [0.5, 0.6) is 17.2 Å². The largest absolute Gasteiger partial charge is 0.573 e. The highest BCUT2D eigenvalue weighted by molar-refractivity contribution is 6.37. The minimum atomic E-state index is -4.79. The number of alkyl halides is 3. The molecule has 0 aliphatic rings. The fourth-order valence-corrected chi connectivity index (χ4v) is 2.56. The third-order valence-corrected chi connectivity index (χ3v) is 3.50. The second-order valence-electron chi connectivity index (χ2n) is 4.89. The number of benzene rings is 2. The van der Waals surface area contributed by atoms with E-state index in [1.165, 1.54) is 30.3 Å². The topological polar surface area (TPSA) is 38.7 Å². The molecule has 0 heterocycles. The van der Waals surface area contributed by atoms with Gasteiger partial charge in [0.05, 0.1) is 10.0 Å². The standard InChI is InChI=1S/C17H13Cl2F3O3/c1-2-4-15(24-16-13(18)8-11(23)9-14(16)19)10-5-3-6-12(7-10)25-17(20,21)22/h3-9,23H,2H2,1H3. The van der Waals surface area contributed by atoms with Gasteiger partial charge in [0.2, 0.25) is 0 Å². The zero-order chi connectivity index (χ0) is 18.6. The van der Waals surface area contributed by atoms with Gasteiger partial charge in [-0.05, 0) is 24.6 Å². The minimum Gasteiger partial charge on any atom is -0.508 e. The van der Waals surface area contributed by atoms with Crippen molar-refractivity contribution >= 4 is 29.0 Å². The van der Waals surface area contributed by atoms with Crippen LogP contribution in [-0.2, 0) is 0 Å². The smallest absolute Gasteiger partial charge is 0.508 e. The maximum atomic E-state index is 12.4. The summed E-state index contributed by atoms with van der Waals surface area (Å²) in [4.78, 5) is 0. The average Bonchev–Trinajstić information content (AvgIpc) is 2.48. The second kappa shape index (κ2) is 7.89. The lowest BCUT2D eigenvalue weighted by Gasteiger charge is -2.15. The third-order valence-electron chi connectivity index (χ3n) is 2.94. The van der Waals surface area contributed by atoms with E-state index in [4.69, 9.17) is 27.9 Å². The normalized spacial score (nSPS) is 12.2. The van der Waals surface area contributed by atoms with Crippen LogP contribution in [0.15, 0.2) is 42.5 Å². The molecule has 0 unspecified atom stereocenters. The zero-order valence-corrected chi connectivity index (χ0v) is 14.4. The van der Waals surface area contributed by atoms with Gasteiger partial charge in [-0.1, -0.05) is 42.3 Å². The van der Waals surface area contributed by atoms with E-state index < -0.39 is 6.36 Å². The number of phenolic OH excluding ortho intramolecular Hbond substituents is 1. The van der Waals surface area contributed by atoms with Gasteiger partial charge in [0.15, 0.2) is 5.75 Å². The molecule has 0 fully saturated rings. The predicted octanol–water partition coefficient (Wildman–Crippen LogP) is 6.43. The molecule has 0 atom stereocenters. The molecule has 0 amide bonds. The number of aromatic hydroxyl groups is 1. The molecule has 25 heavy (non-hydrogen) atoms. The molecule has 0 saturated carbocycles. The highest BCUT2D eigenvalue weighted by atomic mass is 35.5. The van der Waals surface area contributed by atoms with Crippen LogP contribution in [0.4, 0.5) is 13.2 Å². The first-order valence-corrected chi connectivity index (χ1v) is 7.87. The number of hydrogen-bond donors (Lipinski definition) is 1.